The van der Waals surface area contributed by atoms with Crippen molar-refractivity contribution in [3.63, 3.8) is 0 Å². The number of rotatable bonds is 9. The van der Waals surface area contributed by atoms with Crippen molar-refractivity contribution < 1.29 is 23.8 Å². The number of nitrogens with one attached hydrogen (secondary N) is 1. The smallest absolute Gasteiger partial charge is 0.260 e. The molecule has 2 amide bonds. The third-order valence-electron chi connectivity index (χ3n) is 5.56. The molecule has 7 heteroatoms. The van der Waals surface area contributed by atoms with Crippen LogP contribution in [0.2, 0.25) is 0 Å². The lowest BCUT2D eigenvalue weighted by Crippen LogP contribution is -2.48. The lowest BCUT2D eigenvalue weighted by Gasteiger charge is -2.32. The van der Waals surface area contributed by atoms with Gasteiger partial charge < -0.3 is 24.4 Å². The van der Waals surface area contributed by atoms with E-state index in [0.717, 1.165) is 5.56 Å². The van der Waals surface area contributed by atoms with Crippen LogP contribution in [0.25, 0.3) is 0 Å². The quantitative estimate of drug-likeness (QED) is 0.648. The van der Waals surface area contributed by atoms with E-state index in [1.165, 1.54) is 5.56 Å². The number of carbonyl (C=O) groups excluding carboxylic acids is 2. The Morgan fingerprint density at radius 2 is 1.62 bits per heavy atom. The van der Waals surface area contributed by atoms with Crippen LogP contribution in [0.3, 0.4) is 0 Å². The molecular formula is C25H32N2O5. The summed E-state index contributed by atoms with van der Waals surface area (Å²) in [7, 11) is 0. The Bertz CT molecular complexity index is 922. The number of aryl methyl sites for hydroxylation is 2. The van der Waals surface area contributed by atoms with E-state index in [-0.39, 0.29) is 31.1 Å². The maximum absolute atomic E-state index is 12.5. The van der Waals surface area contributed by atoms with E-state index in [0.29, 0.717) is 49.8 Å². The highest BCUT2D eigenvalue weighted by Gasteiger charge is 2.24. The minimum atomic E-state index is -0.181. The van der Waals surface area contributed by atoms with Crippen LogP contribution in [0.4, 0.5) is 0 Å². The Morgan fingerprint density at radius 3 is 2.28 bits per heavy atom. The van der Waals surface area contributed by atoms with Crippen LogP contribution in [0, 0.1) is 13.8 Å². The van der Waals surface area contributed by atoms with E-state index in [2.05, 4.69) is 5.32 Å². The van der Waals surface area contributed by atoms with Gasteiger partial charge in [-0.3, -0.25) is 9.59 Å². The second-order valence-electron chi connectivity index (χ2n) is 7.93. The summed E-state index contributed by atoms with van der Waals surface area (Å²) in [6.45, 7) is 7.61. The number of hydrogen-bond donors (Lipinski definition) is 1. The highest BCUT2D eigenvalue weighted by atomic mass is 16.5. The molecule has 1 heterocycles. The Morgan fingerprint density at radius 1 is 0.938 bits per heavy atom. The van der Waals surface area contributed by atoms with Gasteiger partial charge in [-0.2, -0.15) is 0 Å². The number of amides is 2. The molecule has 172 valence electrons. The maximum Gasteiger partial charge on any atom is 0.260 e. The zero-order valence-corrected chi connectivity index (χ0v) is 19.1. The second-order valence-corrected chi connectivity index (χ2v) is 7.93. The lowest BCUT2D eigenvalue weighted by molar-refractivity contribution is -0.134. The van der Waals surface area contributed by atoms with E-state index >= 15 is 0 Å². The van der Waals surface area contributed by atoms with Gasteiger partial charge >= 0.3 is 0 Å². The van der Waals surface area contributed by atoms with Gasteiger partial charge in [0.05, 0.1) is 6.61 Å². The van der Waals surface area contributed by atoms with E-state index in [1.54, 1.807) is 11.0 Å². The molecule has 1 fully saturated rings. The van der Waals surface area contributed by atoms with Crippen molar-refractivity contribution in [1.29, 1.82) is 0 Å². The van der Waals surface area contributed by atoms with Crippen LogP contribution in [-0.4, -0.2) is 55.7 Å². The monoisotopic (exact) mass is 440 g/mol. The highest BCUT2D eigenvalue weighted by molar-refractivity contribution is 5.79. The molecule has 1 aliphatic heterocycles. The van der Waals surface area contributed by atoms with E-state index in [4.69, 9.17) is 14.2 Å². The van der Waals surface area contributed by atoms with E-state index < -0.39 is 0 Å². The Hall–Kier alpha value is -3.22. The van der Waals surface area contributed by atoms with Gasteiger partial charge in [-0.25, -0.2) is 0 Å². The Balaban J connectivity index is 1.38. The zero-order chi connectivity index (χ0) is 22.9. The summed E-state index contributed by atoms with van der Waals surface area (Å²) in [4.78, 5) is 26.6. The molecule has 1 saturated heterocycles. The molecule has 0 radical (unpaired) electrons. The number of nitrogens with zero attached hydrogens (tertiary/aromatic N) is 1. The first-order chi connectivity index (χ1) is 15.5. The van der Waals surface area contributed by atoms with Gasteiger partial charge in [-0.15, -0.1) is 0 Å². The normalized spacial score (nSPS) is 14.0. The fourth-order valence-electron chi connectivity index (χ4n) is 3.57. The third-order valence-corrected chi connectivity index (χ3v) is 5.56. The van der Waals surface area contributed by atoms with Crippen molar-refractivity contribution in [2.45, 2.75) is 39.7 Å². The zero-order valence-electron chi connectivity index (χ0n) is 19.1. The highest BCUT2D eigenvalue weighted by Crippen LogP contribution is 2.26. The molecule has 1 N–H and O–H groups in total. The van der Waals surface area contributed by atoms with Crippen molar-refractivity contribution >= 4 is 11.8 Å². The number of benzene rings is 2. The summed E-state index contributed by atoms with van der Waals surface area (Å²) in [5.41, 5.74) is 2.33. The maximum atomic E-state index is 12.5. The molecule has 0 unspecified atom stereocenters. The summed E-state index contributed by atoms with van der Waals surface area (Å²) in [6.07, 6.45) is 1.41. The molecule has 2 aromatic rings. The number of piperidine rings is 1. The first-order valence-corrected chi connectivity index (χ1v) is 11.1. The third kappa shape index (κ3) is 6.64. The van der Waals surface area contributed by atoms with Crippen molar-refractivity contribution in [1.82, 2.24) is 10.2 Å². The molecule has 3 rings (SSSR count). The fourth-order valence-corrected chi connectivity index (χ4v) is 3.57. The van der Waals surface area contributed by atoms with Gasteiger partial charge in [0.1, 0.15) is 5.75 Å². The molecule has 0 atom stereocenters. The Labute approximate surface area is 189 Å². The molecule has 0 saturated carbocycles. The molecule has 0 spiro atoms. The van der Waals surface area contributed by atoms with Crippen LogP contribution >= 0.6 is 0 Å². The largest absolute Gasteiger partial charge is 0.490 e. The van der Waals surface area contributed by atoms with Gasteiger partial charge in [-0.05, 0) is 69.0 Å². The first-order valence-electron chi connectivity index (χ1n) is 11.1. The van der Waals surface area contributed by atoms with E-state index in [1.807, 2.05) is 57.2 Å². The number of carbonyl (C=O) groups is 2. The molecule has 2 aromatic carbocycles. The van der Waals surface area contributed by atoms with Gasteiger partial charge in [-0.1, -0.05) is 18.2 Å². The molecule has 1 aliphatic rings. The van der Waals surface area contributed by atoms with Crippen LogP contribution in [0.1, 0.15) is 30.9 Å². The molecule has 7 nitrogen and oxygen atoms in total. The van der Waals surface area contributed by atoms with Crippen molar-refractivity contribution in [2.24, 2.45) is 0 Å². The van der Waals surface area contributed by atoms with Gasteiger partial charge in [0.15, 0.2) is 24.7 Å². The van der Waals surface area contributed by atoms with Gasteiger partial charge in [0, 0.05) is 19.1 Å². The molecule has 0 bridgehead atoms. The standard InChI is InChI=1S/C25H32N2O5/c1-4-30-22-7-5-6-8-23(22)32-16-24(28)26-20-11-13-27(14-12-20)25(29)17-31-21-10-9-18(2)19(3)15-21/h5-10,15,20H,4,11-14,16-17H2,1-3H3,(H,26,28). The molecule has 0 aromatic heterocycles. The number of ether oxygens (including phenoxy) is 3. The van der Waals surface area contributed by atoms with E-state index in [9.17, 15) is 9.59 Å². The topological polar surface area (TPSA) is 77.1 Å². The summed E-state index contributed by atoms with van der Waals surface area (Å²) in [5, 5.41) is 3.00. The minimum Gasteiger partial charge on any atom is -0.490 e. The first kappa shape index (κ1) is 23.4. The summed E-state index contributed by atoms with van der Waals surface area (Å²) < 4.78 is 16.8. The SMILES string of the molecule is CCOc1ccccc1OCC(=O)NC1CCN(C(=O)COc2ccc(C)c(C)c2)CC1. The summed E-state index contributed by atoms with van der Waals surface area (Å²) >= 11 is 0. The van der Waals surface area contributed by atoms with Gasteiger partial charge in [0.25, 0.3) is 11.8 Å². The van der Waals surface area contributed by atoms with Crippen LogP contribution in [-0.2, 0) is 9.59 Å². The average molecular weight is 441 g/mol. The van der Waals surface area contributed by atoms with Crippen LogP contribution in [0.15, 0.2) is 42.5 Å². The van der Waals surface area contributed by atoms with Crippen molar-refractivity contribution in [3.05, 3.63) is 53.6 Å². The van der Waals surface area contributed by atoms with Crippen LogP contribution < -0.4 is 19.5 Å². The molecular weight excluding hydrogens is 408 g/mol. The second kappa shape index (κ2) is 11.4. The number of likely N-dealkylation sites (tertiary alicyclic amines) is 1. The Kier molecular flexibility index (Phi) is 8.36. The number of para-hydroxylation sites is 2. The van der Waals surface area contributed by atoms with Crippen molar-refractivity contribution in [2.75, 3.05) is 32.9 Å². The van der Waals surface area contributed by atoms with Gasteiger partial charge in [0.2, 0.25) is 0 Å². The van der Waals surface area contributed by atoms with Crippen LogP contribution in [0.5, 0.6) is 17.2 Å². The lowest BCUT2D eigenvalue weighted by atomic mass is 10.1. The summed E-state index contributed by atoms with van der Waals surface area (Å²) in [5.74, 6) is 1.66. The molecule has 0 aliphatic carbocycles. The fraction of sp³-hybridized carbons (Fsp3) is 0.440. The molecule has 32 heavy (non-hydrogen) atoms. The summed E-state index contributed by atoms with van der Waals surface area (Å²) in [6, 6.07) is 13.1. The van der Waals surface area contributed by atoms with Crippen molar-refractivity contribution in [3.8, 4) is 17.2 Å². The average Bonchev–Trinajstić information content (AvgIpc) is 2.80. The predicted octanol–water partition coefficient (Wildman–Crippen LogP) is 3.27. The minimum absolute atomic E-state index is 0.0204. The predicted molar refractivity (Wildman–Crippen MR) is 122 cm³/mol. The number of hydrogen-bond acceptors (Lipinski definition) is 5.